The van der Waals surface area contributed by atoms with E-state index in [1.54, 1.807) is 41.2 Å². The summed E-state index contributed by atoms with van der Waals surface area (Å²) in [5, 5.41) is 0. The van der Waals surface area contributed by atoms with E-state index in [2.05, 4.69) is 9.88 Å². The minimum absolute atomic E-state index is 0. The highest BCUT2D eigenvalue weighted by Crippen LogP contribution is 2.24. The van der Waals surface area contributed by atoms with E-state index >= 15 is 0 Å². The lowest BCUT2D eigenvalue weighted by atomic mass is 10.1. The molecule has 6 nitrogen and oxygen atoms in total. The highest BCUT2D eigenvalue weighted by molar-refractivity contribution is 5.97. The van der Waals surface area contributed by atoms with Gasteiger partial charge in [0.05, 0.1) is 17.9 Å². The summed E-state index contributed by atoms with van der Waals surface area (Å²) in [7, 11) is 0. The van der Waals surface area contributed by atoms with Crippen LogP contribution in [0, 0.1) is 5.82 Å². The molecule has 1 saturated heterocycles. The van der Waals surface area contributed by atoms with E-state index in [4.69, 9.17) is 4.74 Å². The van der Waals surface area contributed by atoms with Gasteiger partial charge in [0.15, 0.2) is 0 Å². The molecule has 0 bridgehead atoms. The van der Waals surface area contributed by atoms with Crippen LogP contribution >= 0.6 is 12.4 Å². The average Bonchev–Trinajstić information content (AvgIpc) is 3.24. The number of carbonyl (C=O) groups excluding carboxylic acids is 1. The minimum Gasteiger partial charge on any atom is -0.493 e. The zero-order valence-electron chi connectivity index (χ0n) is 16.7. The number of piperazine rings is 1. The molecule has 0 spiro atoms. The van der Waals surface area contributed by atoms with Crippen molar-refractivity contribution in [1.82, 2.24) is 14.5 Å². The topological polar surface area (TPSA) is 50.6 Å². The Morgan fingerprint density at radius 2 is 1.77 bits per heavy atom. The van der Waals surface area contributed by atoms with E-state index in [1.807, 2.05) is 30.0 Å². The average molecular weight is 431 g/mol. The Bertz CT molecular complexity index is 1000. The van der Waals surface area contributed by atoms with Gasteiger partial charge in [-0.3, -0.25) is 9.36 Å². The van der Waals surface area contributed by atoms with Crippen molar-refractivity contribution >= 4 is 24.3 Å². The van der Waals surface area contributed by atoms with Crippen LogP contribution in [0.5, 0.6) is 5.75 Å². The third kappa shape index (κ3) is 4.26. The van der Waals surface area contributed by atoms with Gasteiger partial charge in [-0.1, -0.05) is 24.3 Å². The number of imidazole rings is 1. The number of hydrogen-bond acceptors (Lipinski definition) is 4. The molecule has 0 unspecified atom stereocenters. The van der Waals surface area contributed by atoms with Gasteiger partial charge in [0, 0.05) is 38.6 Å². The molecule has 2 heterocycles. The first-order chi connectivity index (χ1) is 14.2. The Morgan fingerprint density at radius 3 is 2.50 bits per heavy atom. The SMILES string of the molecule is CCOc1ccccc1C(=O)N1CCN(c2nccn2-c2ccccc2F)CC1.Cl. The van der Waals surface area contributed by atoms with Crippen LogP contribution in [0.1, 0.15) is 17.3 Å². The van der Waals surface area contributed by atoms with Crippen LogP contribution in [-0.4, -0.2) is 53.1 Å². The molecule has 158 valence electrons. The molecule has 1 aliphatic heterocycles. The first kappa shape index (κ1) is 21.6. The number of para-hydroxylation sites is 2. The van der Waals surface area contributed by atoms with Crippen molar-refractivity contribution in [3.63, 3.8) is 0 Å². The maximum absolute atomic E-state index is 14.2. The second kappa shape index (κ2) is 9.63. The van der Waals surface area contributed by atoms with Crippen LogP contribution in [0.2, 0.25) is 0 Å². The van der Waals surface area contributed by atoms with Crippen molar-refractivity contribution in [2.45, 2.75) is 6.92 Å². The highest BCUT2D eigenvalue weighted by Gasteiger charge is 2.26. The molecular formula is C22H24ClFN4O2. The summed E-state index contributed by atoms with van der Waals surface area (Å²) in [6.45, 7) is 4.77. The normalized spacial score (nSPS) is 13.7. The van der Waals surface area contributed by atoms with Crippen molar-refractivity contribution in [3.8, 4) is 11.4 Å². The molecular weight excluding hydrogens is 407 g/mol. The molecule has 8 heteroatoms. The Morgan fingerprint density at radius 1 is 1.07 bits per heavy atom. The van der Waals surface area contributed by atoms with E-state index in [0.717, 1.165) is 0 Å². The first-order valence-corrected chi connectivity index (χ1v) is 9.73. The molecule has 1 fully saturated rings. The number of ether oxygens (including phenoxy) is 1. The minimum atomic E-state index is -0.298. The summed E-state index contributed by atoms with van der Waals surface area (Å²) in [4.78, 5) is 21.3. The van der Waals surface area contributed by atoms with Crippen LogP contribution in [0.3, 0.4) is 0 Å². The molecule has 0 N–H and O–H groups in total. The fourth-order valence-corrected chi connectivity index (χ4v) is 3.57. The number of carbonyl (C=O) groups is 1. The van der Waals surface area contributed by atoms with Crippen LogP contribution in [0.4, 0.5) is 10.3 Å². The van der Waals surface area contributed by atoms with E-state index in [0.29, 0.717) is 55.7 Å². The third-order valence-electron chi connectivity index (χ3n) is 5.00. The number of nitrogens with zero attached hydrogens (tertiary/aromatic N) is 4. The summed E-state index contributed by atoms with van der Waals surface area (Å²) >= 11 is 0. The molecule has 1 aromatic heterocycles. The van der Waals surface area contributed by atoms with Crippen molar-refractivity contribution in [1.29, 1.82) is 0 Å². The molecule has 0 saturated carbocycles. The predicted octanol–water partition coefficient (Wildman–Crippen LogP) is 3.79. The smallest absolute Gasteiger partial charge is 0.257 e. The van der Waals surface area contributed by atoms with Crippen molar-refractivity contribution in [3.05, 3.63) is 72.3 Å². The molecule has 1 aliphatic rings. The maximum Gasteiger partial charge on any atom is 0.257 e. The van der Waals surface area contributed by atoms with E-state index in [9.17, 15) is 9.18 Å². The molecule has 0 atom stereocenters. The molecule has 4 rings (SSSR count). The Kier molecular flexibility index (Phi) is 6.95. The summed E-state index contributed by atoms with van der Waals surface area (Å²) < 4.78 is 21.6. The molecule has 0 radical (unpaired) electrons. The van der Waals surface area contributed by atoms with E-state index < -0.39 is 0 Å². The summed E-state index contributed by atoms with van der Waals surface area (Å²) in [5.74, 6) is 0.952. The fraction of sp³-hybridized carbons (Fsp3) is 0.273. The van der Waals surface area contributed by atoms with Crippen LogP contribution < -0.4 is 9.64 Å². The Balaban J connectivity index is 0.00000256. The zero-order valence-corrected chi connectivity index (χ0v) is 17.5. The van der Waals surface area contributed by atoms with Gasteiger partial charge < -0.3 is 14.5 Å². The monoisotopic (exact) mass is 430 g/mol. The van der Waals surface area contributed by atoms with Gasteiger partial charge in [-0.05, 0) is 31.2 Å². The second-order valence-corrected chi connectivity index (χ2v) is 6.76. The maximum atomic E-state index is 14.2. The third-order valence-corrected chi connectivity index (χ3v) is 5.00. The largest absolute Gasteiger partial charge is 0.493 e. The number of amides is 1. The highest BCUT2D eigenvalue weighted by atomic mass is 35.5. The Hall–Kier alpha value is -3.06. The molecule has 2 aromatic carbocycles. The van der Waals surface area contributed by atoms with Gasteiger partial charge in [0.25, 0.3) is 5.91 Å². The number of hydrogen-bond donors (Lipinski definition) is 0. The Labute approximate surface area is 181 Å². The number of halogens is 2. The standard InChI is InChI=1S/C22H23FN4O2.ClH/c1-2-29-20-10-6-3-7-17(20)21(28)25-13-15-26(16-14-25)22-24-11-12-27(22)19-9-5-4-8-18(19)23;/h3-12H,2,13-16H2,1H3;1H. The van der Waals surface area contributed by atoms with Gasteiger partial charge in [-0.2, -0.15) is 0 Å². The summed E-state index contributed by atoms with van der Waals surface area (Å²) in [5.41, 5.74) is 1.04. The van der Waals surface area contributed by atoms with Crippen molar-refractivity contribution in [2.75, 3.05) is 37.7 Å². The van der Waals surface area contributed by atoms with E-state index in [-0.39, 0.29) is 24.1 Å². The van der Waals surface area contributed by atoms with Gasteiger partial charge in [0.2, 0.25) is 5.95 Å². The quantitative estimate of drug-likeness (QED) is 0.618. The number of aromatic nitrogens is 2. The van der Waals surface area contributed by atoms with Gasteiger partial charge >= 0.3 is 0 Å². The van der Waals surface area contributed by atoms with Crippen LogP contribution in [0.15, 0.2) is 60.9 Å². The lowest BCUT2D eigenvalue weighted by molar-refractivity contribution is 0.0742. The van der Waals surface area contributed by atoms with Gasteiger partial charge in [-0.25, -0.2) is 9.37 Å². The lowest BCUT2D eigenvalue weighted by Gasteiger charge is -2.35. The number of anilines is 1. The molecule has 3 aromatic rings. The van der Waals surface area contributed by atoms with Gasteiger partial charge in [0.1, 0.15) is 11.6 Å². The van der Waals surface area contributed by atoms with Crippen LogP contribution in [0.25, 0.3) is 5.69 Å². The molecule has 0 aliphatic carbocycles. The van der Waals surface area contributed by atoms with Crippen molar-refractivity contribution < 1.29 is 13.9 Å². The van der Waals surface area contributed by atoms with Crippen LogP contribution in [-0.2, 0) is 0 Å². The fourth-order valence-electron chi connectivity index (χ4n) is 3.57. The van der Waals surface area contributed by atoms with E-state index in [1.165, 1.54) is 6.07 Å². The summed E-state index contributed by atoms with van der Waals surface area (Å²) in [6.07, 6.45) is 3.42. The number of rotatable bonds is 5. The first-order valence-electron chi connectivity index (χ1n) is 9.73. The summed E-state index contributed by atoms with van der Waals surface area (Å²) in [6, 6.07) is 14.0. The number of benzene rings is 2. The van der Waals surface area contributed by atoms with Gasteiger partial charge in [-0.15, -0.1) is 12.4 Å². The molecule has 1 amide bonds. The predicted molar refractivity (Wildman–Crippen MR) is 116 cm³/mol. The lowest BCUT2D eigenvalue weighted by Crippen LogP contribution is -2.49. The van der Waals surface area contributed by atoms with Crippen molar-refractivity contribution in [2.24, 2.45) is 0 Å². The zero-order chi connectivity index (χ0) is 20.2. The second-order valence-electron chi connectivity index (χ2n) is 6.76. The molecule has 30 heavy (non-hydrogen) atoms.